The van der Waals surface area contributed by atoms with Crippen molar-refractivity contribution in [2.75, 3.05) is 13.1 Å². The lowest BCUT2D eigenvalue weighted by Gasteiger charge is -2.18. The van der Waals surface area contributed by atoms with Gasteiger partial charge in [0, 0.05) is 17.7 Å². The van der Waals surface area contributed by atoms with E-state index < -0.39 is 30.8 Å². The third kappa shape index (κ3) is 4.74. The molecule has 0 aliphatic carbocycles. The second-order valence-corrected chi connectivity index (χ2v) is 4.61. The molecule has 0 atom stereocenters. The zero-order chi connectivity index (χ0) is 16.8. The molecule has 0 bridgehead atoms. The van der Waals surface area contributed by atoms with Gasteiger partial charge in [0.25, 0.3) is 0 Å². The van der Waals surface area contributed by atoms with Crippen molar-refractivity contribution in [2.45, 2.75) is 6.54 Å². The van der Waals surface area contributed by atoms with Crippen LogP contribution < -0.4 is 0 Å². The van der Waals surface area contributed by atoms with Crippen molar-refractivity contribution in [3.63, 3.8) is 0 Å². The van der Waals surface area contributed by atoms with Gasteiger partial charge in [0.05, 0.1) is 13.1 Å². The topological polar surface area (TPSA) is 129 Å². The Bertz CT molecular complexity index is 697. The molecule has 1 heterocycles. The SMILES string of the molecule is O=C(O)CN(CC(=O)O)Cc1ccc(-c2nncnn2)cc1F. The molecule has 0 spiro atoms. The Kier molecular flexibility index (Phi) is 5.20. The van der Waals surface area contributed by atoms with Crippen LogP contribution in [0.5, 0.6) is 0 Å². The predicted molar refractivity (Wildman–Crippen MR) is 73.6 cm³/mol. The zero-order valence-electron chi connectivity index (χ0n) is 11.8. The molecule has 2 rings (SSSR count). The summed E-state index contributed by atoms with van der Waals surface area (Å²) in [4.78, 5) is 22.6. The third-order valence-electron chi connectivity index (χ3n) is 2.83. The Morgan fingerprint density at radius 3 is 2.22 bits per heavy atom. The van der Waals surface area contributed by atoms with E-state index in [9.17, 15) is 14.0 Å². The normalized spacial score (nSPS) is 10.7. The molecule has 0 saturated carbocycles. The van der Waals surface area contributed by atoms with Crippen molar-refractivity contribution >= 4 is 11.9 Å². The molecule has 0 radical (unpaired) electrons. The zero-order valence-corrected chi connectivity index (χ0v) is 11.8. The summed E-state index contributed by atoms with van der Waals surface area (Å²) in [7, 11) is 0. The summed E-state index contributed by atoms with van der Waals surface area (Å²) in [5, 5.41) is 32.0. The van der Waals surface area contributed by atoms with Crippen LogP contribution in [0.25, 0.3) is 11.4 Å². The van der Waals surface area contributed by atoms with Crippen LogP contribution in [0, 0.1) is 5.82 Å². The fourth-order valence-electron chi connectivity index (χ4n) is 1.93. The number of aliphatic carboxylic acids is 2. The lowest BCUT2D eigenvalue weighted by molar-refractivity contribution is -0.142. The van der Waals surface area contributed by atoms with Gasteiger partial charge >= 0.3 is 11.9 Å². The molecule has 10 heteroatoms. The van der Waals surface area contributed by atoms with E-state index in [4.69, 9.17) is 10.2 Å². The second kappa shape index (κ2) is 7.31. The van der Waals surface area contributed by atoms with E-state index in [0.29, 0.717) is 5.56 Å². The lowest BCUT2D eigenvalue weighted by atomic mass is 10.1. The van der Waals surface area contributed by atoms with E-state index in [0.717, 1.165) is 17.3 Å². The van der Waals surface area contributed by atoms with Gasteiger partial charge in [0.2, 0.25) is 5.82 Å². The van der Waals surface area contributed by atoms with Crippen molar-refractivity contribution in [2.24, 2.45) is 0 Å². The highest BCUT2D eigenvalue weighted by molar-refractivity contribution is 5.72. The highest BCUT2D eigenvalue weighted by atomic mass is 19.1. The standard InChI is InChI=1S/C13H12FN5O4/c14-10-3-8(13-17-15-7-16-18-13)1-2-9(10)4-19(5-11(20)21)6-12(22)23/h1-3,7H,4-6H2,(H,20,21)(H,22,23). The number of nitrogens with zero attached hydrogens (tertiary/aromatic N) is 5. The van der Waals surface area contributed by atoms with E-state index in [1.165, 1.54) is 12.1 Å². The molecule has 0 aliphatic heterocycles. The van der Waals surface area contributed by atoms with Gasteiger partial charge in [-0.05, 0) is 6.07 Å². The average Bonchev–Trinajstić information content (AvgIpc) is 2.49. The summed E-state index contributed by atoms with van der Waals surface area (Å²) in [6.07, 6.45) is 1.14. The van der Waals surface area contributed by atoms with Gasteiger partial charge in [0.15, 0.2) is 6.33 Å². The number of carboxylic acids is 2. The number of rotatable bonds is 7. The van der Waals surface area contributed by atoms with Gasteiger partial charge in [-0.15, -0.1) is 20.4 Å². The van der Waals surface area contributed by atoms with Crippen molar-refractivity contribution in [3.05, 3.63) is 35.9 Å². The Morgan fingerprint density at radius 1 is 1.09 bits per heavy atom. The van der Waals surface area contributed by atoms with E-state index >= 15 is 0 Å². The van der Waals surface area contributed by atoms with E-state index in [1.54, 1.807) is 0 Å². The highest BCUT2D eigenvalue weighted by Crippen LogP contribution is 2.18. The van der Waals surface area contributed by atoms with E-state index in [2.05, 4.69) is 20.4 Å². The Balaban J connectivity index is 2.19. The maximum atomic E-state index is 14.2. The first kappa shape index (κ1) is 16.4. The number of benzene rings is 1. The van der Waals surface area contributed by atoms with Gasteiger partial charge < -0.3 is 10.2 Å². The third-order valence-corrected chi connectivity index (χ3v) is 2.83. The van der Waals surface area contributed by atoms with Crippen LogP contribution in [0.2, 0.25) is 0 Å². The number of hydrogen-bond acceptors (Lipinski definition) is 7. The number of carboxylic acid groups (broad SMARTS) is 2. The van der Waals surface area contributed by atoms with Crippen molar-refractivity contribution in [1.82, 2.24) is 25.3 Å². The fourth-order valence-corrected chi connectivity index (χ4v) is 1.93. The summed E-state index contributed by atoms with van der Waals surface area (Å²) < 4.78 is 14.2. The first-order chi connectivity index (χ1) is 11.0. The molecule has 1 aromatic heterocycles. The van der Waals surface area contributed by atoms with Gasteiger partial charge in [-0.1, -0.05) is 12.1 Å². The molecule has 0 amide bonds. The molecule has 1 aromatic carbocycles. The summed E-state index contributed by atoms with van der Waals surface area (Å²) in [5.41, 5.74) is 0.517. The van der Waals surface area contributed by atoms with Crippen LogP contribution >= 0.6 is 0 Å². The fraction of sp³-hybridized carbons (Fsp3) is 0.231. The number of aromatic nitrogens is 4. The quantitative estimate of drug-likeness (QED) is 0.726. The predicted octanol–water partition coefficient (Wildman–Crippen LogP) is 0.0439. The number of halogens is 1. The largest absolute Gasteiger partial charge is 0.480 e. The summed E-state index contributed by atoms with van der Waals surface area (Å²) in [5.74, 6) is -2.88. The monoisotopic (exact) mass is 321 g/mol. The van der Waals surface area contributed by atoms with Crippen LogP contribution in [0.15, 0.2) is 24.5 Å². The Hall–Kier alpha value is -3.01. The lowest BCUT2D eigenvalue weighted by Crippen LogP contribution is -2.34. The minimum atomic E-state index is -1.20. The minimum Gasteiger partial charge on any atom is -0.480 e. The van der Waals surface area contributed by atoms with Gasteiger partial charge in [0.1, 0.15) is 5.82 Å². The Labute approximate surface area is 129 Å². The summed E-state index contributed by atoms with van der Waals surface area (Å²) >= 11 is 0. The van der Waals surface area contributed by atoms with Crippen molar-refractivity contribution in [3.8, 4) is 11.4 Å². The summed E-state index contributed by atoms with van der Waals surface area (Å²) in [6.45, 7) is -1.18. The summed E-state index contributed by atoms with van der Waals surface area (Å²) in [6, 6.07) is 4.10. The molecule has 2 aromatic rings. The average molecular weight is 321 g/mol. The maximum absolute atomic E-state index is 14.2. The van der Waals surface area contributed by atoms with Crippen LogP contribution in [0.3, 0.4) is 0 Å². The van der Waals surface area contributed by atoms with Crippen molar-refractivity contribution < 1.29 is 24.2 Å². The van der Waals surface area contributed by atoms with Crippen LogP contribution in [-0.4, -0.2) is 60.5 Å². The number of hydrogen-bond donors (Lipinski definition) is 2. The van der Waals surface area contributed by atoms with E-state index in [-0.39, 0.29) is 17.9 Å². The molecule has 2 N–H and O–H groups in total. The molecule has 0 saturated heterocycles. The molecule has 0 unspecified atom stereocenters. The smallest absolute Gasteiger partial charge is 0.317 e. The van der Waals surface area contributed by atoms with Crippen LogP contribution in [0.4, 0.5) is 4.39 Å². The molecule has 23 heavy (non-hydrogen) atoms. The van der Waals surface area contributed by atoms with Gasteiger partial charge in [-0.3, -0.25) is 14.5 Å². The Morgan fingerprint density at radius 2 is 1.70 bits per heavy atom. The number of carbonyl (C=O) groups is 2. The molecule has 0 fully saturated rings. The van der Waals surface area contributed by atoms with Gasteiger partial charge in [-0.2, -0.15) is 0 Å². The highest BCUT2D eigenvalue weighted by Gasteiger charge is 2.16. The molecule has 0 aliphatic rings. The minimum absolute atomic E-state index is 0.144. The molecule has 120 valence electrons. The molecular formula is C13H12FN5O4. The van der Waals surface area contributed by atoms with Crippen LogP contribution in [-0.2, 0) is 16.1 Å². The first-order valence-electron chi connectivity index (χ1n) is 6.41. The second-order valence-electron chi connectivity index (χ2n) is 4.61. The maximum Gasteiger partial charge on any atom is 0.317 e. The van der Waals surface area contributed by atoms with E-state index in [1.807, 2.05) is 0 Å². The first-order valence-corrected chi connectivity index (χ1v) is 6.41. The van der Waals surface area contributed by atoms with Crippen LogP contribution in [0.1, 0.15) is 5.56 Å². The molecular weight excluding hydrogens is 309 g/mol. The van der Waals surface area contributed by atoms with Gasteiger partial charge in [-0.25, -0.2) is 4.39 Å². The van der Waals surface area contributed by atoms with Crippen molar-refractivity contribution in [1.29, 1.82) is 0 Å². The molecule has 9 nitrogen and oxygen atoms in total.